The molecule has 0 aromatic heterocycles. The summed E-state index contributed by atoms with van der Waals surface area (Å²) in [5.41, 5.74) is 0.783. The summed E-state index contributed by atoms with van der Waals surface area (Å²) in [5.74, 6) is -0.511. The number of hydrogen-bond acceptors (Lipinski definition) is 1. The van der Waals surface area contributed by atoms with E-state index in [0.717, 1.165) is 6.42 Å². The molecule has 1 N–H and O–H groups in total. The quantitative estimate of drug-likeness (QED) is 0.673. The summed E-state index contributed by atoms with van der Waals surface area (Å²) in [7, 11) is 0. The zero-order valence-corrected chi connectivity index (χ0v) is 7.88. The Hall–Kier alpha value is -0.530. The highest BCUT2D eigenvalue weighted by atomic mass is 16.4. The van der Waals surface area contributed by atoms with Crippen molar-refractivity contribution in [2.45, 2.75) is 44.9 Å². The van der Waals surface area contributed by atoms with Crippen molar-refractivity contribution in [3.63, 3.8) is 0 Å². The second kappa shape index (κ2) is 2.10. The second-order valence-electron chi connectivity index (χ2n) is 5.24. The van der Waals surface area contributed by atoms with Crippen LogP contribution in [0.1, 0.15) is 44.9 Å². The lowest BCUT2D eigenvalue weighted by Crippen LogP contribution is -2.26. The molecule has 2 heteroatoms. The van der Waals surface area contributed by atoms with E-state index in [0.29, 0.717) is 5.41 Å². The molecule has 0 bridgehead atoms. The highest BCUT2D eigenvalue weighted by molar-refractivity contribution is 5.75. The molecule has 0 amide bonds. The largest absolute Gasteiger partial charge is 0.481 e. The fourth-order valence-electron chi connectivity index (χ4n) is 3.81. The van der Waals surface area contributed by atoms with Gasteiger partial charge in [0.05, 0.1) is 5.92 Å². The van der Waals surface area contributed by atoms with Crippen molar-refractivity contribution in [3.05, 3.63) is 0 Å². The van der Waals surface area contributed by atoms with Crippen molar-refractivity contribution in [2.24, 2.45) is 16.7 Å². The van der Waals surface area contributed by atoms with Gasteiger partial charge >= 0.3 is 5.97 Å². The number of carboxylic acids is 1. The van der Waals surface area contributed by atoms with E-state index < -0.39 is 5.97 Å². The summed E-state index contributed by atoms with van der Waals surface area (Å²) in [6, 6.07) is 0. The van der Waals surface area contributed by atoms with E-state index >= 15 is 0 Å². The summed E-state index contributed by atoms with van der Waals surface area (Å²) in [6.07, 6.45) is 8.75. The predicted molar refractivity (Wildman–Crippen MR) is 48.3 cm³/mol. The maximum Gasteiger partial charge on any atom is 0.307 e. The van der Waals surface area contributed by atoms with E-state index in [4.69, 9.17) is 5.11 Å². The van der Waals surface area contributed by atoms with Crippen LogP contribution in [0.15, 0.2) is 0 Å². The minimum Gasteiger partial charge on any atom is -0.481 e. The molecule has 0 aliphatic heterocycles. The van der Waals surface area contributed by atoms with Gasteiger partial charge in [0.25, 0.3) is 0 Å². The first kappa shape index (κ1) is 7.84. The topological polar surface area (TPSA) is 37.3 Å². The predicted octanol–water partition coefficient (Wildman–Crippen LogP) is 2.43. The third-order valence-corrected chi connectivity index (χ3v) is 4.81. The van der Waals surface area contributed by atoms with Crippen LogP contribution >= 0.6 is 0 Å². The fourth-order valence-corrected chi connectivity index (χ4v) is 3.81. The zero-order chi connectivity index (χ0) is 9.10. The van der Waals surface area contributed by atoms with Crippen LogP contribution in [0.25, 0.3) is 0 Å². The van der Waals surface area contributed by atoms with Gasteiger partial charge in [0.1, 0.15) is 0 Å². The van der Waals surface area contributed by atoms with Crippen molar-refractivity contribution in [3.8, 4) is 0 Å². The van der Waals surface area contributed by atoms with E-state index in [2.05, 4.69) is 0 Å². The van der Waals surface area contributed by atoms with Gasteiger partial charge in [-0.15, -0.1) is 0 Å². The van der Waals surface area contributed by atoms with Gasteiger partial charge < -0.3 is 5.11 Å². The normalized spacial score (nSPS) is 45.1. The van der Waals surface area contributed by atoms with Crippen molar-refractivity contribution < 1.29 is 9.90 Å². The lowest BCUT2D eigenvalue weighted by atomic mass is 9.72. The number of carbonyl (C=O) groups is 1. The maximum absolute atomic E-state index is 11.0. The highest BCUT2D eigenvalue weighted by Crippen LogP contribution is 2.78. The van der Waals surface area contributed by atoms with Crippen molar-refractivity contribution in [1.82, 2.24) is 0 Å². The van der Waals surface area contributed by atoms with E-state index in [-0.39, 0.29) is 11.3 Å². The monoisotopic (exact) mass is 180 g/mol. The minimum atomic E-state index is -0.534. The summed E-state index contributed by atoms with van der Waals surface area (Å²) in [5, 5.41) is 9.03. The van der Waals surface area contributed by atoms with E-state index in [1.807, 2.05) is 0 Å². The number of carboxylic acid groups (broad SMARTS) is 1. The van der Waals surface area contributed by atoms with Gasteiger partial charge in [-0.05, 0) is 42.9 Å². The van der Waals surface area contributed by atoms with Crippen LogP contribution in [0.4, 0.5) is 0 Å². The molecule has 0 radical (unpaired) electrons. The Balaban J connectivity index is 1.86. The number of rotatable bonds is 1. The molecular formula is C11H16O2. The molecule has 72 valence electrons. The van der Waals surface area contributed by atoms with Crippen molar-refractivity contribution >= 4 is 5.97 Å². The van der Waals surface area contributed by atoms with Gasteiger partial charge in [-0.2, -0.15) is 0 Å². The molecule has 3 aliphatic carbocycles. The van der Waals surface area contributed by atoms with Crippen LogP contribution in [0.3, 0.4) is 0 Å². The van der Waals surface area contributed by atoms with E-state index in [9.17, 15) is 4.79 Å². The Morgan fingerprint density at radius 3 is 2.38 bits per heavy atom. The summed E-state index contributed by atoms with van der Waals surface area (Å²) >= 11 is 0. The summed E-state index contributed by atoms with van der Waals surface area (Å²) < 4.78 is 0. The number of hydrogen-bond donors (Lipinski definition) is 1. The standard InChI is InChI=1S/C11H16O2/c12-9(13)8-7-11(8)4-2-1-3-10(11)5-6-10/h8H,1-7H2,(H,12,13). The third kappa shape index (κ3) is 0.818. The molecule has 2 unspecified atom stereocenters. The Bertz CT molecular complexity index is 267. The molecule has 0 saturated heterocycles. The van der Waals surface area contributed by atoms with Crippen LogP contribution in [-0.4, -0.2) is 11.1 Å². The molecular weight excluding hydrogens is 164 g/mol. The van der Waals surface area contributed by atoms with Crippen molar-refractivity contribution in [2.75, 3.05) is 0 Å². The van der Waals surface area contributed by atoms with Crippen molar-refractivity contribution in [1.29, 1.82) is 0 Å². The molecule has 2 spiro atoms. The molecule has 3 fully saturated rings. The molecule has 2 nitrogen and oxygen atoms in total. The van der Waals surface area contributed by atoms with Crippen LogP contribution < -0.4 is 0 Å². The molecule has 3 rings (SSSR count). The Morgan fingerprint density at radius 2 is 1.85 bits per heavy atom. The maximum atomic E-state index is 11.0. The minimum absolute atomic E-state index is 0.0234. The first-order chi connectivity index (χ1) is 6.20. The molecule has 0 aromatic carbocycles. The molecule has 13 heavy (non-hydrogen) atoms. The van der Waals surface area contributed by atoms with Crippen LogP contribution in [0.5, 0.6) is 0 Å². The lowest BCUT2D eigenvalue weighted by molar-refractivity contribution is -0.140. The lowest BCUT2D eigenvalue weighted by Gasteiger charge is -2.32. The second-order valence-corrected chi connectivity index (χ2v) is 5.24. The smallest absolute Gasteiger partial charge is 0.307 e. The van der Waals surface area contributed by atoms with E-state index in [1.165, 1.54) is 38.5 Å². The summed E-state index contributed by atoms with van der Waals surface area (Å²) in [4.78, 5) is 11.0. The first-order valence-corrected chi connectivity index (χ1v) is 5.43. The molecule has 0 heterocycles. The molecule has 3 aliphatic rings. The van der Waals surface area contributed by atoms with Gasteiger partial charge in [0.2, 0.25) is 0 Å². The molecule has 0 aromatic rings. The Labute approximate surface area is 78.3 Å². The van der Waals surface area contributed by atoms with Gasteiger partial charge in [-0.3, -0.25) is 4.79 Å². The van der Waals surface area contributed by atoms with E-state index in [1.54, 1.807) is 0 Å². The summed E-state index contributed by atoms with van der Waals surface area (Å²) in [6.45, 7) is 0. The highest BCUT2D eigenvalue weighted by Gasteiger charge is 2.73. The molecule has 3 saturated carbocycles. The third-order valence-electron chi connectivity index (χ3n) is 4.81. The Kier molecular flexibility index (Phi) is 1.27. The number of aliphatic carboxylic acids is 1. The molecule has 2 atom stereocenters. The fraction of sp³-hybridized carbons (Fsp3) is 0.909. The van der Waals surface area contributed by atoms with Gasteiger partial charge in [0.15, 0.2) is 0 Å². The average Bonchev–Trinajstić information content (AvgIpc) is 2.90. The van der Waals surface area contributed by atoms with Gasteiger partial charge in [-0.25, -0.2) is 0 Å². The SMILES string of the molecule is O=C(O)C1CC12CCCCC21CC1. The Morgan fingerprint density at radius 1 is 1.15 bits per heavy atom. The number of fused-ring (bicyclic) bond motifs is 1. The van der Waals surface area contributed by atoms with Gasteiger partial charge in [-0.1, -0.05) is 12.8 Å². The van der Waals surface area contributed by atoms with Gasteiger partial charge in [0, 0.05) is 0 Å². The zero-order valence-electron chi connectivity index (χ0n) is 7.88. The van der Waals surface area contributed by atoms with Crippen LogP contribution in [-0.2, 0) is 4.79 Å². The van der Waals surface area contributed by atoms with Crippen LogP contribution in [0.2, 0.25) is 0 Å². The van der Waals surface area contributed by atoms with Crippen LogP contribution in [0, 0.1) is 16.7 Å². The average molecular weight is 180 g/mol. The first-order valence-electron chi connectivity index (χ1n) is 5.43.